The number of nitrogens with zero attached hydrogens (tertiary/aromatic N) is 1. The number of piperidine rings is 1. The quantitative estimate of drug-likeness (QED) is 0.825. The van der Waals surface area contributed by atoms with Crippen LogP contribution in [-0.2, 0) is 9.47 Å². The van der Waals surface area contributed by atoms with E-state index in [-0.39, 0.29) is 17.0 Å². The predicted octanol–water partition coefficient (Wildman–Crippen LogP) is 4.14. The maximum Gasteiger partial charge on any atom is 0.410 e. The molecule has 0 spiro atoms. The highest BCUT2D eigenvalue weighted by Gasteiger charge is 2.34. The van der Waals surface area contributed by atoms with Crippen LogP contribution in [0.5, 0.6) is 0 Å². The van der Waals surface area contributed by atoms with Crippen molar-refractivity contribution < 1.29 is 18.7 Å². The number of carbonyl (C=O) groups excluding carboxylic acids is 1. The average molecular weight is 387 g/mol. The van der Waals surface area contributed by atoms with E-state index in [1.165, 1.54) is 6.07 Å². The number of hydrogen-bond acceptors (Lipinski definition) is 4. The molecule has 0 aromatic heterocycles. The van der Waals surface area contributed by atoms with Gasteiger partial charge in [0, 0.05) is 31.1 Å². The third-order valence-electron chi connectivity index (χ3n) is 4.24. The van der Waals surface area contributed by atoms with Crippen LogP contribution in [0.1, 0.15) is 45.3 Å². The molecule has 0 aliphatic carbocycles. The number of rotatable bonds is 5. The van der Waals surface area contributed by atoms with E-state index in [2.05, 4.69) is 0 Å². The molecule has 1 amide bonds. The Kier molecular flexibility index (Phi) is 7.26. The average Bonchev–Trinajstić information content (AvgIpc) is 2.57. The zero-order chi connectivity index (χ0) is 19.3. The molecule has 2 rings (SSSR count). The zero-order valence-corrected chi connectivity index (χ0v) is 16.4. The summed E-state index contributed by atoms with van der Waals surface area (Å²) in [6.45, 7) is 7.20. The summed E-state index contributed by atoms with van der Waals surface area (Å²) in [6.07, 6.45) is 0.753. The highest BCUT2D eigenvalue weighted by Crippen LogP contribution is 2.36. The molecule has 1 saturated heterocycles. The molecule has 2 atom stereocenters. The highest BCUT2D eigenvalue weighted by molar-refractivity contribution is 6.30. The topological polar surface area (TPSA) is 64.8 Å². The van der Waals surface area contributed by atoms with E-state index in [0.29, 0.717) is 31.8 Å². The van der Waals surface area contributed by atoms with Crippen molar-refractivity contribution in [1.29, 1.82) is 0 Å². The van der Waals surface area contributed by atoms with Crippen molar-refractivity contribution in [2.24, 2.45) is 11.7 Å². The summed E-state index contributed by atoms with van der Waals surface area (Å²) >= 11 is 5.94. The maximum absolute atomic E-state index is 14.6. The Morgan fingerprint density at radius 2 is 2.19 bits per heavy atom. The van der Waals surface area contributed by atoms with Gasteiger partial charge < -0.3 is 20.1 Å². The van der Waals surface area contributed by atoms with E-state index >= 15 is 0 Å². The molecule has 0 unspecified atom stereocenters. The summed E-state index contributed by atoms with van der Waals surface area (Å²) in [7, 11) is 0. The van der Waals surface area contributed by atoms with Gasteiger partial charge in [-0.3, -0.25) is 0 Å². The smallest absolute Gasteiger partial charge is 0.410 e. The van der Waals surface area contributed by atoms with Crippen LogP contribution in [-0.4, -0.2) is 42.8 Å². The summed E-state index contributed by atoms with van der Waals surface area (Å²) in [5.74, 6) is -0.540. The summed E-state index contributed by atoms with van der Waals surface area (Å²) < 4.78 is 25.9. The molecule has 26 heavy (non-hydrogen) atoms. The van der Waals surface area contributed by atoms with E-state index in [1.54, 1.807) is 17.0 Å². The molecule has 5 nitrogen and oxygen atoms in total. The second-order valence-electron chi connectivity index (χ2n) is 7.55. The number of likely N-dealkylation sites (tertiary alicyclic amines) is 1. The minimum absolute atomic E-state index is 0.0589. The predicted molar refractivity (Wildman–Crippen MR) is 99.7 cm³/mol. The molecule has 1 aliphatic heterocycles. The van der Waals surface area contributed by atoms with Crippen molar-refractivity contribution in [3.63, 3.8) is 0 Å². The number of halogens is 2. The molecule has 0 saturated carbocycles. The number of benzene rings is 1. The molecule has 2 N–H and O–H groups in total. The molecule has 1 fully saturated rings. The largest absolute Gasteiger partial charge is 0.444 e. The SMILES string of the molecule is CC(C)(C)OC(=O)N1CCC[C@@H]([C@H](OCCN)c2cccc(Cl)c2F)C1. The van der Waals surface area contributed by atoms with Gasteiger partial charge in [0.05, 0.1) is 17.7 Å². The molecule has 1 heterocycles. The Hall–Kier alpha value is -1.37. The Morgan fingerprint density at radius 1 is 1.46 bits per heavy atom. The minimum atomic E-state index is -0.557. The molecular formula is C19H28ClFN2O3. The van der Waals surface area contributed by atoms with Crippen molar-refractivity contribution in [3.8, 4) is 0 Å². The Labute approximate surface area is 159 Å². The maximum atomic E-state index is 14.6. The lowest BCUT2D eigenvalue weighted by Gasteiger charge is -2.37. The van der Waals surface area contributed by atoms with Gasteiger partial charge >= 0.3 is 6.09 Å². The van der Waals surface area contributed by atoms with Crippen LogP contribution >= 0.6 is 11.6 Å². The van der Waals surface area contributed by atoms with Crippen LogP contribution in [0.2, 0.25) is 5.02 Å². The van der Waals surface area contributed by atoms with Gasteiger partial charge in [-0.2, -0.15) is 0 Å². The Balaban J connectivity index is 2.19. The first kappa shape index (κ1) is 20.9. The fraction of sp³-hybridized carbons (Fsp3) is 0.632. The van der Waals surface area contributed by atoms with E-state index in [1.807, 2.05) is 20.8 Å². The lowest BCUT2D eigenvalue weighted by molar-refractivity contribution is -0.0246. The second kappa shape index (κ2) is 9.02. The van der Waals surface area contributed by atoms with E-state index < -0.39 is 17.5 Å². The van der Waals surface area contributed by atoms with Crippen LogP contribution in [0.25, 0.3) is 0 Å². The van der Waals surface area contributed by atoms with Crippen LogP contribution in [0.3, 0.4) is 0 Å². The first-order chi connectivity index (χ1) is 12.2. The molecule has 146 valence electrons. The molecule has 1 aromatic rings. The third-order valence-corrected chi connectivity index (χ3v) is 4.53. The standard InChI is InChI=1S/C19H28ClFN2O3/c1-19(2,3)26-18(24)23-10-5-6-13(12-23)17(25-11-9-22)14-7-4-8-15(20)16(14)21/h4,7-8,13,17H,5-6,9-12,22H2,1-3H3/t13-,17+/m1/s1. The molecule has 1 aromatic carbocycles. The van der Waals surface area contributed by atoms with Gasteiger partial charge in [0.25, 0.3) is 0 Å². The lowest BCUT2D eigenvalue weighted by atomic mass is 9.88. The third kappa shape index (κ3) is 5.56. The van der Waals surface area contributed by atoms with Crippen LogP contribution in [0.4, 0.5) is 9.18 Å². The van der Waals surface area contributed by atoms with Crippen molar-refractivity contribution >= 4 is 17.7 Å². The summed E-state index contributed by atoms with van der Waals surface area (Å²) in [5.41, 5.74) is 5.42. The zero-order valence-electron chi connectivity index (χ0n) is 15.6. The van der Waals surface area contributed by atoms with Gasteiger partial charge in [-0.25, -0.2) is 9.18 Å². The van der Waals surface area contributed by atoms with Crippen LogP contribution in [0.15, 0.2) is 18.2 Å². The van der Waals surface area contributed by atoms with Crippen LogP contribution < -0.4 is 5.73 Å². The van der Waals surface area contributed by atoms with Gasteiger partial charge in [0.15, 0.2) is 0 Å². The number of nitrogens with two attached hydrogens (primary N) is 1. The van der Waals surface area contributed by atoms with Gasteiger partial charge in [-0.05, 0) is 39.7 Å². The monoisotopic (exact) mass is 386 g/mol. The van der Waals surface area contributed by atoms with E-state index in [4.69, 9.17) is 26.8 Å². The first-order valence-corrected chi connectivity index (χ1v) is 9.34. The number of amides is 1. The fourth-order valence-electron chi connectivity index (χ4n) is 3.16. The van der Waals surface area contributed by atoms with Crippen molar-refractivity contribution in [1.82, 2.24) is 4.90 Å². The fourth-order valence-corrected chi connectivity index (χ4v) is 3.35. The van der Waals surface area contributed by atoms with E-state index in [0.717, 1.165) is 12.8 Å². The molecule has 1 aliphatic rings. The number of ether oxygens (including phenoxy) is 2. The molecule has 7 heteroatoms. The van der Waals surface area contributed by atoms with Crippen LogP contribution in [0, 0.1) is 11.7 Å². The van der Waals surface area contributed by atoms with Gasteiger partial charge in [0.1, 0.15) is 11.4 Å². The lowest BCUT2D eigenvalue weighted by Crippen LogP contribution is -2.44. The van der Waals surface area contributed by atoms with Gasteiger partial charge in [0.2, 0.25) is 0 Å². The number of hydrogen-bond donors (Lipinski definition) is 1. The van der Waals surface area contributed by atoms with Crippen molar-refractivity contribution in [2.45, 2.75) is 45.3 Å². The Bertz CT molecular complexity index is 621. The summed E-state index contributed by atoms with van der Waals surface area (Å²) in [4.78, 5) is 14.1. The summed E-state index contributed by atoms with van der Waals surface area (Å²) in [5, 5.41) is 0.0589. The molecular weight excluding hydrogens is 359 g/mol. The molecule has 0 bridgehead atoms. The minimum Gasteiger partial charge on any atom is -0.444 e. The normalized spacial score (nSPS) is 19.3. The van der Waals surface area contributed by atoms with Gasteiger partial charge in [-0.1, -0.05) is 23.7 Å². The first-order valence-electron chi connectivity index (χ1n) is 8.96. The van der Waals surface area contributed by atoms with Crippen molar-refractivity contribution in [2.75, 3.05) is 26.2 Å². The number of carbonyl (C=O) groups is 1. The van der Waals surface area contributed by atoms with Gasteiger partial charge in [-0.15, -0.1) is 0 Å². The second-order valence-corrected chi connectivity index (χ2v) is 7.96. The summed E-state index contributed by atoms with van der Waals surface area (Å²) in [6, 6.07) is 4.89. The molecule has 0 radical (unpaired) electrons. The highest BCUT2D eigenvalue weighted by atomic mass is 35.5. The van der Waals surface area contributed by atoms with Crippen molar-refractivity contribution in [3.05, 3.63) is 34.6 Å². The van der Waals surface area contributed by atoms with E-state index in [9.17, 15) is 9.18 Å². The Morgan fingerprint density at radius 3 is 2.85 bits per heavy atom.